The first kappa shape index (κ1) is 20.2. The number of halogens is 1. The topological polar surface area (TPSA) is 40.6 Å². The molecule has 0 radical (unpaired) electrons. The van der Waals surface area contributed by atoms with Crippen molar-refractivity contribution in [2.24, 2.45) is 0 Å². The van der Waals surface area contributed by atoms with Gasteiger partial charge in [0.25, 0.3) is 11.8 Å². The summed E-state index contributed by atoms with van der Waals surface area (Å²) in [6.07, 6.45) is 0.801. The molecule has 0 N–H and O–H groups in total. The highest BCUT2D eigenvalue weighted by Crippen LogP contribution is 2.35. The molecule has 0 aliphatic carbocycles. The van der Waals surface area contributed by atoms with Crippen LogP contribution in [0, 0.1) is 12.7 Å². The van der Waals surface area contributed by atoms with Crippen molar-refractivity contribution in [3.05, 3.63) is 112 Å². The van der Waals surface area contributed by atoms with Crippen LogP contribution in [0.1, 0.15) is 27.8 Å². The van der Waals surface area contributed by atoms with Crippen LogP contribution in [0.3, 0.4) is 0 Å². The van der Waals surface area contributed by atoms with Crippen molar-refractivity contribution < 1.29 is 14.0 Å². The third kappa shape index (κ3) is 3.50. The number of aryl methyl sites for hydroxylation is 1. The molecule has 0 atom stereocenters. The molecule has 160 valence electrons. The van der Waals surface area contributed by atoms with Gasteiger partial charge in [-0.2, -0.15) is 0 Å². The number of carbonyl (C=O) groups is 2. The van der Waals surface area contributed by atoms with E-state index in [0.717, 1.165) is 17.5 Å². The fourth-order valence-corrected chi connectivity index (χ4v) is 4.46. The first-order valence-electron chi connectivity index (χ1n) is 10.8. The highest BCUT2D eigenvalue weighted by molar-refractivity contribution is 6.35. The molecule has 3 aromatic carbocycles. The summed E-state index contributed by atoms with van der Waals surface area (Å²) in [5.41, 5.74) is 5.32. The molecule has 2 amide bonds. The van der Waals surface area contributed by atoms with Gasteiger partial charge >= 0.3 is 0 Å². The Morgan fingerprint density at radius 3 is 2.28 bits per heavy atom. The van der Waals surface area contributed by atoms with Gasteiger partial charge in [-0.25, -0.2) is 4.39 Å². The number of amides is 2. The van der Waals surface area contributed by atoms with Gasteiger partial charge in [-0.05, 0) is 36.1 Å². The average molecular weight is 426 g/mol. The number of carbonyl (C=O) groups excluding carboxylic acids is 2. The second-order valence-corrected chi connectivity index (χ2v) is 8.32. The lowest BCUT2D eigenvalue weighted by Gasteiger charge is -2.31. The number of imide groups is 1. The van der Waals surface area contributed by atoms with E-state index in [4.69, 9.17) is 0 Å². The highest BCUT2D eigenvalue weighted by atomic mass is 19.1. The van der Waals surface area contributed by atoms with E-state index in [-0.39, 0.29) is 18.4 Å². The zero-order valence-corrected chi connectivity index (χ0v) is 17.8. The minimum absolute atomic E-state index is 0.0897. The summed E-state index contributed by atoms with van der Waals surface area (Å²) in [5.74, 6) is -1.17. The van der Waals surface area contributed by atoms with Crippen LogP contribution in [0.4, 0.5) is 4.39 Å². The molecule has 32 heavy (non-hydrogen) atoms. The monoisotopic (exact) mass is 426 g/mol. The maximum absolute atomic E-state index is 14.3. The van der Waals surface area contributed by atoms with Crippen molar-refractivity contribution in [1.82, 2.24) is 9.80 Å². The van der Waals surface area contributed by atoms with E-state index in [1.165, 1.54) is 16.5 Å². The maximum atomic E-state index is 14.3. The van der Waals surface area contributed by atoms with Gasteiger partial charge in [0, 0.05) is 18.7 Å². The molecule has 2 heterocycles. The lowest BCUT2D eigenvalue weighted by Crippen LogP contribution is -2.37. The van der Waals surface area contributed by atoms with Crippen LogP contribution in [-0.4, -0.2) is 28.2 Å². The van der Waals surface area contributed by atoms with Crippen LogP contribution in [0.5, 0.6) is 0 Å². The Morgan fingerprint density at radius 2 is 1.53 bits per heavy atom. The molecule has 0 saturated heterocycles. The second kappa shape index (κ2) is 8.08. The van der Waals surface area contributed by atoms with Crippen LogP contribution in [-0.2, 0) is 29.1 Å². The standard InChI is InChI=1S/C27H23FN2O2/c1-18-10-12-20(13-11-18)24-25(29-15-14-19-6-2-3-7-21(19)16-29)27(32)30(26(24)31)17-22-8-4-5-9-23(22)28/h2-13H,14-17H2,1H3. The molecule has 0 bridgehead atoms. The molecule has 0 saturated carbocycles. The summed E-state index contributed by atoms with van der Waals surface area (Å²) in [7, 11) is 0. The van der Waals surface area contributed by atoms with Gasteiger partial charge in [-0.15, -0.1) is 0 Å². The summed E-state index contributed by atoms with van der Waals surface area (Å²) >= 11 is 0. The summed E-state index contributed by atoms with van der Waals surface area (Å²) in [6.45, 7) is 3.10. The first-order valence-corrected chi connectivity index (χ1v) is 10.8. The Balaban J connectivity index is 1.56. The number of rotatable bonds is 4. The van der Waals surface area contributed by atoms with Crippen LogP contribution in [0.15, 0.2) is 78.5 Å². The summed E-state index contributed by atoms with van der Waals surface area (Å²) in [5, 5.41) is 0. The van der Waals surface area contributed by atoms with Crippen molar-refractivity contribution in [2.75, 3.05) is 6.54 Å². The lowest BCUT2D eigenvalue weighted by atomic mass is 9.97. The van der Waals surface area contributed by atoms with E-state index < -0.39 is 5.82 Å². The zero-order valence-electron chi connectivity index (χ0n) is 17.8. The Morgan fingerprint density at radius 1 is 0.844 bits per heavy atom. The van der Waals surface area contributed by atoms with Gasteiger partial charge in [-0.3, -0.25) is 14.5 Å². The van der Waals surface area contributed by atoms with E-state index in [1.54, 1.807) is 18.2 Å². The Kier molecular flexibility index (Phi) is 5.10. The predicted molar refractivity (Wildman–Crippen MR) is 121 cm³/mol. The molecule has 0 aromatic heterocycles. The van der Waals surface area contributed by atoms with Gasteiger partial charge in [0.2, 0.25) is 0 Å². The smallest absolute Gasteiger partial charge is 0.278 e. The largest absolute Gasteiger partial charge is 0.362 e. The first-order chi connectivity index (χ1) is 15.5. The van der Waals surface area contributed by atoms with E-state index in [2.05, 4.69) is 12.1 Å². The summed E-state index contributed by atoms with van der Waals surface area (Å²) < 4.78 is 14.3. The number of benzene rings is 3. The third-order valence-corrected chi connectivity index (χ3v) is 6.22. The van der Waals surface area contributed by atoms with E-state index in [9.17, 15) is 14.0 Å². The second-order valence-electron chi connectivity index (χ2n) is 8.32. The van der Waals surface area contributed by atoms with Gasteiger partial charge in [0.05, 0.1) is 12.1 Å². The zero-order chi connectivity index (χ0) is 22.2. The van der Waals surface area contributed by atoms with Crippen molar-refractivity contribution in [1.29, 1.82) is 0 Å². The molecule has 0 fully saturated rings. The normalized spacial score (nSPS) is 16.1. The number of hydrogen-bond acceptors (Lipinski definition) is 3. The van der Waals surface area contributed by atoms with E-state index in [0.29, 0.717) is 35.5 Å². The molecule has 0 spiro atoms. The molecule has 3 aromatic rings. The Hall–Kier alpha value is -3.73. The maximum Gasteiger partial charge on any atom is 0.278 e. The quantitative estimate of drug-likeness (QED) is 0.578. The number of fused-ring (bicyclic) bond motifs is 1. The van der Waals surface area contributed by atoms with Crippen molar-refractivity contribution in [3.63, 3.8) is 0 Å². The molecular formula is C27H23FN2O2. The van der Waals surface area contributed by atoms with Gasteiger partial charge < -0.3 is 4.90 Å². The molecule has 5 rings (SSSR count). The third-order valence-electron chi connectivity index (χ3n) is 6.22. The van der Waals surface area contributed by atoms with E-state index in [1.807, 2.05) is 48.2 Å². The van der Waals surface area contributed by atoms with Crippen LogP contribution >= 0.6 is 0 Å². The van der Waals surface area contributed by atoms with Gasteiger partial charge in [0.15, 0.2) is 0 Å². The average Bonchev–Trinajstić information content (AvgIpc) is 3.05. The number of nitrogens with zero attached hydrogens (tertiary/aromatic N) is 2. The van der Waals surface area contributed by atoms with Crippen LogP contribution < -0.4 is 0 Å². The van der Waals surface area contributed by atoms with Gasteiger partial charge in [-0.1, -0.05) is 72.3 Å². The van der Waals surface area contributed by atoms with Gasteiger partial charge in [0.1, 0.15) is 11.5 Å². The lowest BCUT2D eigenvalue weighted by molar-refractivity contribution is -0.138. The molecule has 5 heteroatoms. The minimum atomic E-state index is -0.426. The molecule has 2 aliphatic rings. The molecule has 4 nitrogen and oxygen atoms in total. The Bertz CT molecular complexity index is 1250. The van der Waals surface area contributed by atoms with E-state index >= 15 is 0 Å². The fraction of sp³-hybridized carbons (Fsp3) is 0.185. The molecular weight excluding hydrogens is 403 g/mol. The van der Waals surface area contributed by atoms with Crippen LogP contribution in [0.2, 0.25) is 0 Å². The Labute approximate surface area is 186 Å². The summed E-state index contributed by atoms with van der Waals surface area (Å²) in [6, 6.07) is 22.1. The predicted octanol–water partition coefficient (Wildman–Crippen LogP) is 4.47. The van der Waals surface area contributed by atoms with Crippen molar-refractivity contribution in [2.45, 2.75) is 26.4 Å². The molecule has 0 unspecified atom stereocenters. The SMILES string of the molecule is Cc1ccc(C2=C(N3CCc4ccccc4C3)C(=O)N(Cc3ccccc3F)C2=O)cc1. The van der Waals surface area contributed by atoms with Crippen molar-refractivity contribution in [3.8, 4) is 0 Å². The fourth-order valence-electron chi connectivity index (χ4n) is 4.46. The minimum Gasteiger partial charge on any atom is -0.362 e. The van der Waals surface area contributed by atoms with Crippen LogP contribution in [0.25, 0.3) is 5.57 Å². The molecule has 2 aliphatic heterocycles. The van der Waals surface area contributed by atoms with Crippen molar-refractivity contribution >= 4 is 17.4 Å². The highest BCUT2D eigenvalue weighted by Gasteiger charge is 2.42. The number of hydrogen-bond donors (Lipinski definition) is 0. The summed E-state index contributed by atoms with van der Waals surface area (Å²) in [4.78, 5) is 30.3.